The zero-order valence-corrected chi connectivity index (χ0v) is 10.4. The van der Waals surface area contributed by atoms with E-state index < -0.39 is 0 Å². The summed E-state index contributed by atoms with van der Waals surface area (Å²) in [7, 11) is 0. The van der Waals surface area contributed by atoms with Crippen molar-refractivity contribution in [1.29, 1.82) is 0 Å². The second-order valence-corrected chi connectivity index (χ2v) is 4.94. The molecule has 1 rings (SSSR count). The van der Waals surface area contributed by atoms with Crippen molar-refractivity contribution in [2.75, 3.05) is 13.2 Å². The van der Waals surface area contributed by atoms with Gasteiger partial charge in [0.05, 0.1) is 6.61 Å². The van der Waals surface area contributed by atoms with Crippen molar-refractivity contribution < 1.29 is 4.74 Å². The Morgan fingerprint density at radius 3 is 2.80 bits per heavy atom. The Hall–Kier alpha value is -0.0800. The largest absolute Gasteiger partial charge is 0.381 e. The van der Waals surface area contributed by atoms with Crippen molar-refractivity contribution in [1.82, 2.24) is 0 Å². The Morgan fingerprint density at radius 1 is 1.40 bits per heavy atom. The lowest BCUT2D eigenvalue weighted by molar-refractivity contribution is 0.0312. The highest BCUT2D eigenvalue weighted by Crippen LogP contribution is 2.26. The van der Waals surface area contributed by atoms with Crippen molar-refractivity contribution in [3.8, 4) is 0 Å². The van der Waals surface area contributed by atoms with E-state index in [1.165, 1.54) is 32.1 Å². The number of nitrogens with two attached hydrogens (primary N) is 1. The predicted octanol–water partition coefficient (Wildman–Crippen LogP) is 2.96. The first kappa shape index (κ1) is 13.0. The highest BCUT2D eigenvalue weighted by Gasteiger charge is 2.24. The van der Waals surface area contributed by atoms with Crippen LogP contribution in [0.1, 0.15) is 52.4 Å². The Bertz CT molecular complexity index is 161. The van der Waals surface area contributed by atoms with Crippen LogP contribution < -0.4 is 5.73 Å². The van der Waals surface area contributed by atoms with E-state index in [-0.39, 0.29) is 0 Å². The molecule has 0 aromatic carbocycles. The van der Waals surface area contributed by atoms with Crippen molar-refractivity contribution >= 4 is 0 Å². The molecule has 90 valence electrons. The van der Waals surface area contributed by atoms with E-state index >= 15 is 0 Å². The minimum absolute atomic E-state index is 0.384. The average Bonchev–Trinajstić information content (AvgIpc) is 2.26. The lowest BCUT2D eigenvalue weighted by atomic mass is 9.84. The number of rotatable bonds is 6. The molecule has 2 heteroatoms. The van der Waals surface area contributed by atoms with Crippen LogP contribution in [0.2, 0.25) is 0 Å². The van der Waals surface area contributed by atoms with Crippen molar-refractivity contribution in [2.45, 2.75) is 58.4 Å². The fourth-order valence-corrected chi connectivity index (χ4v) is 2.47. The second-order valence-electron chi connectivity index (χ2n) is 4.94. The summed E-state index contributed by atoms with van der Waals surface area (Å²) in [5, 5.41) is 0. The van der Waals surface area contributed by atoms with Crippen molar-refractivity contribution in [3.63, 3.8) is 0 Å². The Balaban J connectivity index is 2.29. The summed E-state index contributed by atoms with van der Waals surface area (Å²) in [6.45, 7) is 6.32. The first-order valence-corrected chi connectivity index (χ1v) is 6.61. The third-order valence-corrected chi connectivity index (χ3v) is 3.71. The summed E-state index contributed by atoms with van der Waals surface area (Å²) < 4.78 is 5.52. The average molecular weight is 213 g/mol. The molecule has 1 fully saturated rings. The normalized spacial score (nSPS) is 29.0. The number of hydrogen-bond donors (Lipinski definition) is 1. The van der Waals surface area contributed by atoms with Crippen LogP contribution in [0.25, 0.3) is 0 Å². The third kappa shape index (κ3) is 4.52. The Morgan fingerprint density at radius 2 is 2.20 bits per heavy atom. The number of unbranched alkanes of at least 4 members (excludes halogenated alkanes) is 1. The topological polar surface area (TPSA) is 35.2 Å². The van der Waals surface area contributed by atoms with Crippen LogP contribution in [0.5, 0.6) is 0 Å². The van der Waals surface area contributed by atoms with E-state index in [0.29, 0.717) is 12.0 Å². The molecule has 0 radical (unpaired) electrons. The van der Waals surface area contributed by atoms with Crippen LogP contribution in [0, 0.1) is 11.8 Å². The molecule has 2 nitrogen and oxygen atoms in total. The molecule has 1 heterocycles. The molecular weight excluding hydrogens is 186 g/mol. The van der Waals surface area contributed by atoms with E-state index in [1.807, 2.05) is 0 Å². The fourth-order valence-electron chi connectivity index (χ4n) is 2.47. The monoisotopic (exact) mass is 213 g/mol. The van der Waals surface area contributed by atoms with E-state index in [4.69, 9.17) is 10.5 Å². The van der Waals surface area contributed by atoms with Crippen LogP contribution in [0.4, 0.5) is 0 Å². The molecule has 0 bridgehead atoms. The summed E-state index contributed by atoms with van der Waals surface area (Å²) in [5.74, 6) is 1.48. The van der Waals surface area contributed by atoms with Gasteiger partial charge in [-0.05, 0) is 24.7 Å². The van der Waals surface area contributed by atoms with Gasteiger partial charge in [-0.25, -0.2) is 0 Å². The highest BCUT2D eigenvalue weighted by molar-refractivity contribution is 4.78. The maximum absolute atomic E-state index is 6.13. The van der Waals surface area contributed by atoms with Gasteiger partial charge in [0, 0.05) is 12.6 Å². The SMILES string of the molecule is CCCCC(CC)CC1COCCC1N. The predicted molar refractivity (Wildman–Crippen MR) is 64.8 cm³/mol. The lowest BCUT2D eigenvalue weighted by Gasteiger charge is -2.31. The standard InChI is InChI=1S/C13H27NO/c1-3-5-6-11(4-2)9-12-10-15-8-7-13(12)14/h11-13H,3-10,14H2,1-2H3. The maximum Gasteiger partial charge on any atom is 0.0509 e. The molecule has 3 atom stereocenters. The Labute approximate surface area is 94.6 Å². The smallest absolute Gasteiger partial charge is 0.0509 e. The lowest BCUT2D eigenvalue weighted by Crippen LogP contribution is -2.39. The van der Waals surface area contributed by atoms with Crippen LogP contribution in [-0.2, 0) is 4.74 Å². The Kier molecular flexibility index (Phi) is 6.26. The van der Waals surface area contributed by atoms with Crippen LogP contribution in [0.15, 0.2) is 0 Å². The zero-order valence-electron chi connectivity index (χ0n) is 10.4. The van der Waals surface area contributed by atoms with Gasteiger partial charge < -0.3 is 10.5 Å². The van der Waals surface area contributed by atoms with Gasteiger partial charge >= 0.3 is 0 Å². The molecule has 3 unspecified atom stereocenters. The molecule has 1 aliphatic rings. The maximum atomic E-state index is 6.13. The second kappa shape index (κ2) is 7.24. The molecule has 2 N–H and O–H groups in total. The van der Waals surface area contributed by atoms with Crippen molar-refractivity contribution in [3.05, 3.63) is 0 Å². The van der Waals surface area contributed by atoms with Gasteiger partial charge in [0.1, 0.15) is 0 Å². The molecule has 0 spiro atoms. The van der Waals surface area contributed by atoms with E-state index in [1.54, 1.807) is 0 Å². The van der Waals surface area contributed by atoms with Gasteiger partial charge in [-0.2, -0.15) is 0 Å². The van der Waals surface area contributed by atoms with Crippen LogP contribution in [0.3, 0.4) is 0 Å². The molecule has 1 saturated heterocycles. The summed E-state index contributed by atoms with van der Waals surface area (Å²) in [5.41, 5.74) is 6.13. The third-order valence-electron chi connectivity index (χ3n) is 3.71. The molecule has 0 saturated carbocycles. The van der Waals surface area contributed by atoms with Gasteiger partial charge in [0.15, 0.2) is 0 Å². The van der Waals surface area contributed by atoms with Crippen LogP contribution >= 0.6 is 0 Å². The molecule has 1 aliphatic heterocycles. The quantitative estimate of drug-likeness (QED) is 0.736. The van der Waals surface area contributed by atoms with E-state index in [9.17, 15) is 0 Å². The minimum atomic E-state index is 0.384. The van der Waals surface area contributed by atoms with E-state index in [2.05, 4.69) is 13.8 Å². The zero-order chi connectivity index (χ0) is 11.1. The first-order valence-electron chi connectivity index (χ1n) is 6.61. The summed E-state index contributed by atoms with van der Waals surface area (Å²) >= 11 is 0. The van der Waals surface area contributed by atoms with Crippen molar-refractivity contribution in [2.24, 2.45) is 17.6 Å². The first-order chi connectivity index (χ1) is 7.27. The summed E-state index contributed by atoms with van der Waals surface area (Å²) in [4.78, 5) is 0. The van der Waals surface area contributed by atoms with E-state index in [0.717, 1.165) is 25.6 Å². The van der Waals surface area contributed by atoms with Gasteiger partial charge in [-0.15, -0.1) is 0 Å². The molecule has 0 amide bonds. The van der Waals surface area contributed by atoms with Gasteiger partial charge in [0.2, 0.25) is 0 Å². The van der Waals surface area contributed by atoms with Gasteiger partial charge in [-0.1, -0.05) is 39.5 Å². The van der Waals surface area contributed by atoms with Crippen LogP contribution in [-0.4, -0.2) is 19.3 Å². The van der Waals surface area contributed by atoms with Gasteiger partial charge in [-0.3, -0.25) is 0 Å². The minimum Gasteiger partial charge on any atom is -0.381 e. The summed E-state index contributed by atoms with van der Waals surface area (Å²) in [6.07, 6.45) is 7.66. The molecule has 0 aromatic heterocycles. The summed E-state index contributed by atoms with van der Waals surface area (Å²) in [6, 6.07) is 0.384. The molecular formula is C13H27NO. The number of hydrogen-bond acceptors (Lipinski definition) is 2. The molecule has 0 aliphatic carbocycles. The fraction of sp³-hybridized carbons (Fsp3) is 1.00. The molecule has 15 heavy (non-hydrogen) atoms. The molecule has 0 aromatic rings. The highest BCUT2D eigenvalue weighted by atomic mass is 16.5. The number of ether oxygens (including phenoxy) is 1. The van der Waals surface area contributed by atoms with Gasteiger partial charge in [0.25, 0.3) is 0 Å².